The van der Waals surface area contributed by atoms with Crippen molar-refractivity contribution in [2.75, 3.05) is 18.8 Å². The highest BCUT2D eigenvalue weighted by molar-refractivity contribution is 7.80. The largest absolute Gasteiger partial charge is 0.391 e. The first kappa shape index (κ1) is 10.9. The van der Waals surface area contributed by atoms with Gasteiger partial charge in [0.15, 0.2) is 0 Å². The van der Waals surface area contributed by atoms with E-state index in [0.717, 1.165) is 31.3 Å². The van der Waals surface area contributed by atoms with Gasteiger partial charge in [-0.25, -0.2) is 0 Å². The number of nitrogens with zero attached hydrogens (tertiary/aromatic N) is 4. The van der Waals surface area contributed by atoms with E-state index in [4.69, 9.17) is 0 Å². The molecule has 0 saturated heterocycles. The molecule has 0 fully saturated rings. The molecule has 0 aromatic carbocycles. The van der Waals surface area contributed by atoms with Crippen molar-refractivity contribution < 1.29 is 5.11 Å². The Morgan fingerprint density at radius 1 is 1.47 bits per heavy atom. The zero-order valence-corrected chi connectivity index (χ0v) is 9.69. The van der Waals surface area contributed by atoms with E-state index in [0.29, 0.717) is 12.3 Å². The summed E-state index contributed by atoms with van der Waals surface area (Å²) in [7, 11) is 0. The summed E-state index contributed by atoms with van der Waals surface area (Å²) in [6, 6.07) is 0. The fourth-order valence-electron chi connectivity index (χ4n) is 1.86. The number of fused-ring (bicyclic) bond motifs is 1. The van der Waals surface area contributed by atoms with Crippen LogP contribution in [-0.2, 0) is 13.1 Å². The molecular weight excluding hydrogens is 212 g/mol. The Labute approximate surface area is 94.5 Å². The topological polar surface area (TPSA) is 54.2 Å². The Kier molecular flexibility index (Phi) is 3.28. The lowest BCUT2D eigenvalue weighted by molar-refractivity contribution is 0.111. The third-order valence-corrected chi connectivity index (χ3v) is 3.12. The molecule has 84 valence electrons. The quantitative estimate of drug-likeness (QED) is 0.697. The Balaban J connectivity index is 2.00. The molecule has 1 aromatic heterocycles. The maximum Gasteiger partial charge on any atom is 0.147 e. The summed E-state index contributed by atoms with van der Waals surface area (Å²) in [6.07, 6.45) is -0.357. The number of aryl methyl sites for hydroxylation is 1. The molecule has 15 heavy (non-hydrogen) atoms. The second-order valence-corrected chi connectivity index (χ2v) is 4.25. The van der Waals surface area contributed by atoms with Crippen LogP contribution in [0.4, 0.5) is 0 Å². The van der Waals surface area contributed by atoms with Gasteiger partial charge in [0.1, 0.15) is 11.6 Å². The molecule has 5 nitrogen and oxygen atoms in total. The van der Waals surface area contributed by atoms with Crippen LogP contribution in [0.3, 0.4) is 0 Å². The zero-order valence-electron chi connectivity index (χ0n) is 8.80. The molecule has 1 N–H and O–H groups in total. The third kappa shape index (κ3) is 2.32. The van der Waals surface area contributed by atoms with E-state index in [2.05, 4.69) is 32.3 Å². The zero-order chi connectivity index (χ0) is 10.8. The van der Waals surface area contributed by atoms with Crippen molar-refractivity contribution in [2.24, 2.45) is 0 Å². The van der Waals surface area contributed by atoms with Crippen LogP contribution in [0.1, 0.15) is 11.6 Å². The van der Waals surface area contributed by atoms with Crippen molar-refractivity contribution in [3.8, 4) is 0 Å². The van der Waals surface area contributed by atoms with Gasteiger partial charge in [-0.2, -0.15) is 12.6 Å². The molecule has 1 aliphatic rings. The summed E-state index contributed by atoms with van der Waals surface area (Å²) in [5.41, 5.74) is 0. The maximum absolute atomic E-state index is 9.50. The SMILES string of the molecule is Cc1nnc2n1CCN(C[C@@H](O)CS)C2. The number of aliphatic hydroxyl groups is 1. The van der Waals surface area contributed by atoms with E-state index in [1.807, 2.05) is 6.92 Å². The summed E-state index contributed by atoms with van der Waals surface area (Å²) in [4.78, 5) is 2.18. The molecule has 2 rings (SSSR count). The van der Waals surface area contributed by atoms with Gasteiger partial charge in [0.25, 0.3) is 0 Å². The van der Waals surface area contributed by atoms with Crippen LogP contribution in [0.5, 0.6) is 0 Å². The fourth-order valence-corrected chi connectivity index (χ4v) is 1.98. The van der Waals surface area contributed by atoms with Crippen molar-refractivity contribution >= 4 is 12.6 Å². The molecule has 0 aliphatic carbocycles. The summed E-state index contributed by atoms with van der Waals surface area (Å²) < 4.78 is 2.13. The maximum atomic E-state index is 9.50. The molecule has 6 heteroatoms. The third-order valence-electron chi connectivity index (χ3n) is 2.70. The van der Waals surface area contributed by atoms with Crippen molar-refractivity contribution in [2.45, 2.75) is 26.1 Å². The van der Waals surface area contributed by atoms with Gasteiger partial charge in [-0.05, 0) is 6.92 Å². The van der Waals surface area contributed by atoms with Gasteiger partial charge in [0.05, 0.1) is 12.6 Å². The highest BCUT2D eigenvalue weighted by Gasteiger charge is 2.20. The average molecular weight is 228 g/mol. The molecule has 1 atom stereocenters. The van der Waals surface area contributed by atoms with Crippen molar-refractivity contribution in [3.05, 3.63) is 11.6 Å². The minimum Gasteiger partial charge on any atom is -0.391 e. The van der Waals surface area contributed by atoms with Crippen LogP contribution >= 0.6 is 12.6 Å². The summed E-state index contributed by atoms with van der Waals surface area (Å²) in [5, 5.41) is 17.7. The van der Waals surface area contributed by atoms with E-state index in [1.54, 1.807) is 0 Å². The van der Waals surface area contributed by atoms with Gasteiger partial charge in [0.2, 0.25) is 0 Å². The number of rotatable bonds is 3. The highest BCUT2D eigenvalue weighted by Crippen LogP contribution is 2.12. The summed E-state index contributed by atoms with van der Waals surface area (Å²) in [6.45, 7) is 5.25. The average Bonchev–Trinajstić information content (AvgIpc) is 2.60. The predicted octanol–water partition coefficient (Wildman–Crippen LogP) is -0.307. The first-order valence-corrected chi connectivity index (χ1v) is 5.74. The molecule has 2 heterocycles. The molecule has 0 spiro atoms. The molecule has 1 aromatic rings. The molecule has 0 radical (unpaired) electrons. The summed E-state index contributed by atoms with van der Waals surface area (Å²) in [5.74, 6) is 2.46. The van der Waals surface area contributed by atoms with Gasteiger partial charge in [-0.1, -0.05) is 0 Å². The molecular formula is C9H16N4OS. The predicted molar refractivity (Wildman–Crippen MR) is 59.9 cm³/mol. The Bertz CT molecular complexity index is 341. The molecule has 0 unspecified atom stereocenters. The van der Waals surface area contributed by atoms with E-state index in [-0.39, 0.29) is 6.10 Å². The number of hydrogen-bond donors (Lipinski definition) is 2. The minimum absolute atomic E-state index is 0.357. The number of aliphatic hydroxyl groups excluding tert-OH is 1. The van der Waals surface area contributed by atoms with Crippen LogP contribution in [0.2, 0.25) is 0 Å². The number of β-amino-alcohol motifs (C(OH)–C–C–N with tert-alkyl or cyclic N) is 1. The van der Waals surface area contributed by atoms with Gasteiger partial charge in [-0.3, -0.25) is 4.90 Å². The number of hydrogen-bond acceptors (Lipinski definition) is 5. The van der Waals surface area contributed by atoms with Crippen LogP contribution in [0.15, 0.2) is 0 Å². The Morgan fingerprint density at radius 2 is 2.27 bits per heavy atom. The Morgan fingerprint density at radius 3 is 3.00 bits per heavy atom. The van der Waals surface area contributed by atoms with Crippen molar-refractivity contribution in [1.82, 2.24) is 19.7 Å². The smallest absolute Gasteiger partial charge is 0.147 e. The van der Waals surface area contributed by atoms with Gasteiger partial charge >= 0.3 is 0 Å². The lowest BCUT2D eigenvalue weighted by Gasteiger charge is -2.28. The minimum atomic E-state index is -0.357. The van der Waals surface area contributed by atoms with Crippen LogP contribution < -0.4 is 0 Å². The fraction of sp³-hybridized carbons (Fsp3) is 0.778. The normalized spacial score (nSPS) is 18.9. The van der Waals surface area contributed by atoms with E-state index < -0.39 is 0 Å². The monoisotopic (exact) mass is 228 g/mol. The van der Waals surface area contributed by atoms with Crippen molar-refractivity contribution in [1.29, 1.82) is 0 Å². The molecule has 0 bridgehead atoms. The van der Waals surface area contributed by atoms with E-state index in [1.165, 1.54) is 0 Å². The number of aromatic nitrogens is 3. The lowest BCUT2D eigenvalue weighted by atomic mass is 10.3. The Hall–Kier alpha value is -0.590. The van der Waals surface area contributed by atoms with Gasteiger partial charge < -0.3 is 9.67 Å². The van der Waals surface area contributed by atoms with Crippen LogP contribution in [-0.4, -0.2) is 49.7 Å². The second kappa shape index (κ2) is 4.51. The standard InChI is InChI=1S/C9H16N4OS/c1-7-10-11-9-5-12(2-3-13(7)9)4-8(14)6-15/h8,14-15H,2-6H2,1H3/t8-/m1/s1. The van der Waals surface area contributed by atoms with Crippen LogP contribution in [0.25, 0.3) is 0 Å². The molecule has 1 aliphatic heterocycles. The first-order valence-electron chi connectivity index (χ1n) is 5.10. The summed E-state index contributed by atoms with van der Waals surface area (Å²) >= 11 is 4.06. The van der Waals surface area contributed by atoms with E-state index in [9.17, 15) is 5.11 Å². The van der Waals surface area contributed by atoms with Gasteiger partial charge in [0, 0.05) is 25.4 Å². The lowest BCUT2D eigenvalue weighted by Crippen LogP contribution is -2.39. The van der Waals surface area contributed by atoms with Crippen molar-refractivity contribution in [3.63, 3.8) is 0 Å². The van der Waals surface area contributed by atoms with Gasteiger partial charge in [-0.15, -0.1) is 10.2 Å². The van der Waals surface area contributed by atoms with E-state index >= 15 is 0 Å². The first-order chi connectivity index (χ1) is 7.20. The molecule has 0 amide bonds. The highest BCUT2D eigenvalue weighted by atomic mass is 32.1. The second-order valence-electron chi connectivity index (χ2n) is 3.89. The number of thiol groups is 1. The molecule has 0 saturated carbocycles. The van der Waals surface area contributed by atoms with Crippen LogP contribution in [0, 0.1) is 6.92 Å².